The van der Waals surface area contributed by atoms with Crippen LogP contribution in [0.15, 0.2) is 48.8 Å². The number of carbonyl (C=O) groups is 1. The summed E-state index contributed by atoms with van der Waals surface area (Å²) in [6, 6.07) is 10.5. The number of aromatic nitrogens is 1. The molecule has 1 atom stereocenters. The van der Waals surface area contributed by atoms with Crippen LogP contribution in [-0.4, -0.2) is 23.1 Å². The lowest BCUT2D eigenvalue weighted by Crippen LogP contribution is -2.68. The molecule has 1 N–H and O–H groups in total. The van der Waals surface area contributed by atoms with Gasteiger partial charge < -0.3 is 10.2 Å². The molecule has 0 spiro atoms. The Labute approximate surface area is 148 Å². The average molecular weight is 333 g/mol. The second-order valence-electron chi connectivity index (χ2n) is 7.48. The Hall–Kier alpha value is -2.62. The molecule has 3 heterocycles. The van der Waals surface area contributed by atoms with Crippen LogP contribution in [0.1, 0.15) is 37.0 Å². The lowest BCUT2D eigenvalue weighted by Gasteiger charge is -2.49. The zero-order chi connectivity index (χ0) is 17.7. The summed E-state index contributed by atoms with van der Waals surface area (Å²) in [7, 11) is 0. The number of nitrogens with zero attached hydrogens (tertiary/aromatic N) is 2. The van der Waals surface area contributed by atoms with Crippen molar-refractivity contribution in [3.63, 3.8) is 0 Å². The molecule has 1 saturated heterocycles. The molecule has 0 unspecified atom stereocenters. The van der Waals surface area contributed by atoms with Crippen molar-refractivity contribution in [2.45, 2.75) is 38.3 Å². The largest absolute Gasteiger partial charge is 0.344 e. The molecule has 2 aliphatic heterocycles. The molecule has 0 bridgehead atoms. The van der Waals surface area contributed by atoms with Gasteiger partial charge in [0.1, 0.15) is 5.66 Å². The highest BCUT2D eigenvalue weighted by Gasteiger charge is 2.57. The fraction of sp³-hybridized carbons (Fsp3) is 0.333. The Morgan fingerprint density at radius 1 is 1.28 bits per heavy atom. The van der Waals surface area contributed by atoms with Gasteiger partial charge >= 0.3 is 0 Å². The number of rotatable bonds is 2. The zero-order valence-electron chi connectivity index (χ0n) is 14.9. The highest BCUT2D eigenvalue weighted by molar-refractivity contribution is 5.84. The molecule has 0 saturated carbocycles. The Morgan fingerprint density at radius 2 is 2.12 bits per heavy atom. The quantitative estimate of drug-likeness (QED) is 0.916. The number of aryl methyl sites for hydroxylation is 1. The second-order valence-corrected chi connectivity index (χ2v) is 7.48. The van der Waals surface area contributed by atoms with E-state index in [1.54, 1.807) is 6.20 Å². The summed E-state index contributed by atoms with van der Waals surface area (Å²) in [5.74, 6) is 0.102. The summed E-state index contributed by atoms with van der Waals surface area (Å²) >= 11 is 0. The standard InChI is InChI=1S/C21H23N3O/c1-15-6-7-18-17(13-15)20(2,3)21(23-19(25)9-12-24(18)21)10-8-16-5-4-11-22-14-16/h4-8,10-11,13-14H,9,12H2,1-3H3,(H,23,25)/b10-8-/t21-/m0/s1. The molecule has 128 valence electrons. The van der Waals surface area contributed by atoms with Crippen molar-refractivity contribution in [1.29, 1.82) is 0 Å². The summed E-state index contributed by atoms with van der Waals surface area (Å²) < 4.78 is 0. The average Bonchev–Trinajstić information content (AvgIpc) is 2.78. The predicted molar refractivity (Wildman–Crippen MR) is 100 cm³/mol. The molecule has 1 amide bonds. The van der Waals surface area contributed by atoms with Gasteiger partial charge in [-0.1, -0.05) is 43.7 Å². The molecular weight excluding hydrogens is 310 g/mol. The third kappa shape index (κ3) is 2.28. The van der Waals surface area contributed by atoms with Gasteiger partial charge in [-0.05, 0) is 36.3 Å². The lowest BCUT2D eigenvalue weighted by molar-refractivity contribution is -0.124. The summed E-state index contributed by atoms with van der Waals surface area (Å²) in [4.78, 5) is 18.9. The molecule has 4 heteroatoms. The normalized spacial score (nSPS) is 24.1. The van der Waals surface area contributed by atoms with Gasteiger partial charge in [0, 0.05) is 36.5 Å². The van der Waals surface area contributed by atoms with E-state index in [0.717, 1.165) is 12.1 Å². The van der Waals surface area contributed by atoms with E-state index in [1.165, 1.54) is 16.8 Å². The molecule has 1 aromatic heterocycles. The van der Waals surface area contributed by atoms with Crippen molar-refractivity contribution in [1.82, 2.24) is 10.3 Å². The smallest absolute Gasteiger partial charge is 0.223 e. The molecular formula is C21H23N3O. The van der Waals surface area contributed by atoms with Crippen molar-refractivity contribution in [2.75, 3.05) is 11.4 Å². The molecule has 1 fully saturated rings. The molecule has 0 aliphatic carbocycles. The number of anilines is 1. The van der Waals surface area contributed by atoms with Gasteiger partial charge in [0.15, 0.2) is 0 Å². The Kier molecular flexibility index (Phi) is 3.46. The van der Waals surface area contributed by atoms with E-state index < -0.39 is 5.66 Å². The first-order valence-corrected chi connectivity index (χ1v) is 8.73. The maximum absolute atomic E-state index is 12.3. The monoisotopic (exact) mass is 333 g/mol. The van der Waals surface area contributed by atoms with Gasteiger partial charge in [-0.25, -0.2) is 0 Å². The van der Waals surface area contributed by atoms with Crippen LogP contribution in [0.25, 0.3) is 6.08 Å². The van der Waals surface area contributed by atoms with Crippen LogP contribution < -0.4 is 10.2 Å². The summed E-state index contributed by atoms with van der Waals surface area (Å²) in [6.45, 7) is 7.27. The minimum atomic E-state index is -0.561. The fourth-order valence-electron chi connectivity index (χ4n) is 4.16. The van der Waals surface area contributed by atoms with Crippen molar-refractivity contribution in [2.24, 2.45) is 0 Å². The minimum absolute atomic E-state index is 0.102. The number of fused-ring (bicyclic) bond motifs is 3. The number of carbonyl (C=O) groups excluding carboxylic acids is 1. The molecule has 4 nitrogen and oxygen atoms in total. The zero-order valence-corrected chi connectivity index (χ0v) is 14.9. The molecule has 0 radical (unpaired) electrons. The van der Waals surface area contributed by atoms with Gasteiger partial charge in [0.05, 0.1) is 0 Å². The number of hydrogen-bond acceptors (Lipinski definition) is 3. The number of nitrogens with one attached hydrogen (secondary N) is 1. The summed E-state index contributed by atoms with van der Waals surface area (Å²) in [5, 5.41) is 3.30. The number of pyridine rings is 1. The SMILES string of the molecule is Cc1ccc2c(c1)C(C)(C)[C@@]1(/C=C\c3cccnc3)NC(=O)CCN21. The van der Waals surface area contributed by atoms with Crippen LogP contribution in [0.2, 0.25) is 0 Å². The third-order valence-corrected chi connectivity index (χ3v) is 5.59. The number of benzene rings is 1. The number of hydrogen-bond donors (Lipinski definition) is 1. The first-order valence-electron chi connectivity index (χ1n) is 8.73. The maximum atomic E-state index is 12.3. The van der Waals surface area contributed by atoms with E-state index in [4.69, 9.17) is 0 Å². The first kappa shape index (κ1) is 15.9. The van der Waals surface area contributed by atoms with Gasteiger partial charge in [0.2, 0.25) is 5.91 Å². The Balaban J connectivity index is 1.87. The second kappa shape index (κ2) is 5.45. The third-order valence-electron chi connectivity index (χ3n) is 5.59. The van der Waals surface area contributed by atoms with Gasteiger partial charge in [0.25, 0.3) is 0 Å². The van der Waals surface area contributed by atoms with Crippen LogP contribution in [0.5, 0.6) is 0 Å². The van der Waals surface area contributed by atoms with E-state index in [2.05, 4.69) is 66.3 Å². The minimum Gasteiger partial charge on any atom is -0.344 e. The van der Waals surface area contributed by atoms with Crippen LogP contribution in [-0.2, 0) is 10.2 Å². The molecule has 4 rings (SSSR count). The topological polar surface area (TPSA) is 45.2 Å². The van der Waals surface area contributed by atoms with Crippen molar-refractivity contribution in [3.8, 4) is 0 Å². The van der Waals surface area contributed by atoms with Crippen molar-refractivity contribution in [3.05, 3.63) is 65.5 Å². The fourth-order valence-corrected chi connectivity index (χ4v) is 4.16. The van der Waals surface area contributed by atoms with E-state index in [-0.39, 0.29) is 11.3 Å². The van der Waals surface area contributed by atoms with Gasteiger partial charge in [-0.3, -0.25) is 9.78 Å². The summed E-state index contributed by atoms with van der Waals surface area (Å²) in [6.07, 6.45) is 8.32. The molecule has 25 heavy (non-hydrogen) atoms. The van der Waals surface area contributed by atoms with E-state index in [9.17, 15) is 4.79 Å². The lowest BCUT2D eigenvalue weighted by atomic mass is 9.74. The Bertz CT molecular complexity index is 857. The van der Waals surface area contributed by atoms with Crippen LogP contribution in [0.4, 0.5) is 5.69 Å². The van der Waals surface area contributed by atoms with E-state index in [1.807, 2.05) is 18.3 Å². The number of amides is 1. The summed E-state index contributed by atoms with van der Waals surface area (Å²) in [5.41, 5.74) is 3.96. The van der Waals surface area contributed by atoms with Crippen LogP contribution in [0.3, 0.4) is 0 Å². The van der Waals surface area contributed by atoms with Crippen LogP contribution >= 0.6 is 0 Å². The predicted octanol–water partition coefficient (Wildman–Crippen LogP) is 3.42. The van der Waals surface area contributed by atoms with Gasteiger partial charge in [-0.2, -0.15) is 0 Å². The first-order chi connectivity index (χ1) is 11.9. The molecule has 2 aliphatic rings. The highest BCUT2D eigenvalue weighted by Crippen LogP contribution is 2.52. The van der Waals surface area contributed by atoms with Crippen LogP contribution in [0, 0.1) is 6.92 Å². The van der Waals surface area contributed by atoms with Crippen molar-refractivity contribution < 1.29 is 4.79 Å². The molecule has 2 aromatic rings. The Morgan fingerprint density at radius 3 is 2.88 bits per heavy atom. The highest BCUT2D eigenvalue weighted by atomic mass is 16.2. The van der Waals surface area contributed by atoms with E-state index >= 15 is 0 Å². The molecule has 1 aromatic carbocycles. The van der Waals surface area contributed by atoms with Crippen molar-refractivity contribution >= 4 is 17.7 Å². The van der Waals surface area contributed by atoms with Gasteiger partial charge in [-0.15, -0.1) is 0 Å². The van der Waals surface area contributed by atoms with E-state index in [0.29, 0.717) is 6.42 Å². The maximum Gasteiger partial charge on any atom is 0.223 e.